The zero-order chi connectivity index (χ0) is 17.0. The second-order valence-corrected chi connectivity index (χ2v) is 8.37. The van der Waals surface area contributed by atoms with Gasteiger partial charge in [-0.2, -0.15) is 11.8 Å². The van der Waals surface area contributed by atoms with E-state index < -0.39 is 0 Å². The summed E-state index contributed by atoms with van der Waals surface area (Å²) in [6.45, 7) is 5.04. The molecule has 0 N–H and O–H groups in total. The van der Waals surface area contributed by atoms with E-state index in [9.17, 15) is 9.59 Å². The van der Waals surface area contributed by atoms with Crippen LogP contribution in [0.4, 0.5) is 0 Å². The number of thioether (sulfide) groups is 1. The third-order valence-corrected chi connectivity index (χ3v) is 6.52. The van der Waals surface area contributed by atoms with Gasteiger partial charge in [0.25, 0.3) is 0 Å². The molecule has 136 valence electrons. The molecule has 3 rings (SSSR count). The van der Waals surface area contributed by atoms with Crippen LogP contribution in [-0.4, -0.2) is 73.0 Å². The second kappa shape index (κ2) is 8.09. The van der Waals surface area contributed by atoms with Crippen LogP contribution in [0.25, 0.3) is 0 Å². The molecule has 0 aliphatic carbocycles. The maximum atomic E-state index is 13.1. The van der Waals surface area contributed by atoms with Crippen molar-refractivity contribution >= 4 is 23.6 Å². The Balaban J connectivity index is 1.57. The summed E-state index contributed by atoms with van der Waals surface area (Å²) in [6, 6.07) is 0. The Morgan fingerprint density at radius 2 is 1.96 bits per heavy atom. The number of hydrogen-bond acceptors (Lipinski definition) is 4. The molecule has 24 heavy (non-hydrogen) atoms. The molecule has 0 aromatic heterocycles. The maximum absolute atomic E-state index is 13.1. The highest BCUT2D eigenvalue weighted by Crippen LogP contribution is 2.42. The van der Waals surface area contributed by atoms with Crippen molar-refractivity contribution in [2.45, 2.75) is 38.5 Å². The summed E-state index contributed by atoms with van der Waals surface area (Å²) in [4.78, 5) is 29.3. The third-order valence-electron chi connectivity index (χ3n) is 5.98. The monoisotopic (exact) mass is 354 g/mol. The molecule has 3 aliphatic rings. The highest BCUT2D eigenvalue weighted by molar-refractivity contribution is 7.99. The lowest BCUT2D eigenvalue weighted by Crippen LogP contribution is -2.39. The molecule has 3 aliphatic heterocycles. The average Bonchev–Trinajstić information content (AvgIpc) is 2.77. The van der Waals surface area contributed by atoms with Gasteiger partial charge in [0.05, 0.1) is 11.2 Å². The third kappa shape index (κ3) is 3.90. The molecule has 0 aromatic carbocycles. The molecule has 5 nitrogen and oxygen atoms in total. The molecule has 3 heterocycles. The topological polar surface area (TPSA) is 49.9 Å². The van der Waals surface area contributed by atoms with E-state index in [0.717, 1.165) is 77.9 Å². The Morgan fingerprint density at radius 3 is 2.71 bits per heavy atom. The van der Waals surface area contributed by atoms with Gasteiger partial charge in [-0.05, 0) is 50.7 Å². The summed E-state index contributed by atoms with van der Waals surface area (Å²) in [5.74, 6) is 1.73. The molecule has 3 fully saturated rings. The number of carbonyl (C=O) groups excluding carboxylic acids is 2. The van der Waals surface area contributed by atoms with Gasteiger partial charge in [-0.3, -0.25) is 9.59 Å². The number of amides is 2. The maximum Gasteiger partial charge on any atom is 0.232 e. The average molecular weight is 355 g/mol. The van der Waals surface area contributed by atoms with E-state index in [1.807, 2.05) is 11.2 Å². The fourth-order valence-electron chi connectivity index (χ4n) is 4.43. The fourth-order valence-corrected chi connectivity index (χ4v) is 4.86. The highest BCUT2D eigenvalue weighted by atomic mass is 32.2. The van der Waals surface area contributed by atoms with Gasteiger partial charge in [0.2, 0.25) is 11.8 Å². The first-order valence-electron chi connectivity index (χ1n) is 9.28. The summed E-state index contributed by atoms with van der Waals surface area (Å²) >= 11 is 1.58. The normalized spacial score (nSPS) is 29.3. The van der Waals surface area contributed by atoms with E-state index >= 15 is 0 Å². The molecule has 1 unspecified atom stereocenters. The quantitative estimate of drug-likeness (QED) is 0.775. The van der Waals surface area contributed by atoms with Crippen molar-refractivity contribution in [1.29, 1.82) is 0 Å². The van der Waals surface area contributed by atoms with Crippen LogP contribution in [-0.2, 0) is 14.3 Å². The number of rotatable bonds is 4. The highest BCUT2D eigenvalue weighted by Gasteiger charge is 2.47. The van der Waals surface area contributed by atoms with Crippen LogP contribution < -0.4 is 0 Å². The SMILES string of the molecule is CSCC(=O)N1CCCC2(CC1)CCN(CC1CCOCC1)C2=O. The van der Waals surface area contributed by atoms with Gasteiger partial charge in [0, 0.05) is 39.4 Å². The number of nitrogens with zero attached hydrogens (tertiary/aromatic N) is 2. The van der Waals surface area contributed by atoms with Gasteiger partial charge in [0.15, 0.2) is 0 Å². The lowest BCUT2D eigenvalue weighted by molar-refractivity contribution is -0.138. The lowest BCUT2D eigenvalue weighted by Gasteiger charge is -2.30. The van der Waals surface area contributed by atoms with E-state index in [4.69, 9.17) is 4.74 Å². The van der Waals surface area contributed by atoms with Gasteiger partial charge < -0.3 is 14.5 Å². The van der Waals surface area contributed by atoms with Crippen LogP contribution in [0.15, 0.2) is 0 Å². The summed E-state index contributed by atoms with van der Waals surface area (Å²) in [6.07, 6.45) is 7.83. The van der Waals surface area contributed by atoms with E-state index in [0.29, 0.717) is 17.6 Å². The zero-order valence-corrected chi connectivity index (χ0v) is 15.6. The first-order chi connectivity index (χ1) is 11.6. The van der Waals surface area contributed by atoms with Gasteiger partial charge in [-0.1, -0.05) is 0 Å². The summed E-state index contributed by atoms with van der Waals surface area (Å²) in [7, 11) is 0. The summed E-state index contributed by atoms with van der Waals surface area (Å²) in [5, 5.41) is 0. The molecule has 1 spiro atoms. The molecule has 0 radical (unpaired) electrons. The van der Waals surface area contributed by atoms with Crippen LogP contribution in [0.3, 0.4) is 0 Å². The lowest BCUT2D eigenvalue weighted by atomic mass is 9.79. The number of hydrogen-bond donors (Lipinski definition) is 0. The smallest absolute Gasteiger partial charge is 0.232 e. The molecule has 2 amide bonds. The second-order valence-electron chi connectivity index (χ2n) is 7.50. The van der Waals surface area contributed by atoms with Crippen LogP contribution in [0.5, 0.6) is 0 Å². The Labute approximate surface area is 149 Å². The van der Waals surface area contributed by atoms with Crippen LogP contribution in [0, 0.1) is 11.3 Å². The van der Waals surface area contributed by atoms with Gasteiger partial charge >= 0.3 is 0 Å². The van der Waals surface area contributed by atoms with Gasteiger partial charge in [-0.25, -0.2) is 0 Å². The van der Waals surface area contributed by atoms with Crippen LogP contribution >= 0.6 is 11.8 Å². The molecule has 3 saturated heterocycles. The van der Waals surface area contributed by atoms with Crippen molar-refractivity contribution in [2.24, 2.45) is 11.3 Å². The van der Waals surface area contributed by atoms with Crippen molar-refractivity contribution in [1.82, 2.24) is 9.80 Å². The van der Waals surface area contributed by atoms with E-state index in [1.165, 1.54) is 0 Å². The molecule has 6 heteroatoms. The molecule has 0 saturated carbocycles. The van der Waals surface area contributed by atoms with Gasteiger partial charge in [-0.15, -0.1) is 0 Å². The minimum absolute atomic E-state index is 0.195. The molecule has 0 bridgehead atoms. The van der Waals surface area contributed by atoms with Crippen molar-refractivity contribution in [3.8, 4) is 0 Å². The summed E-state index contributed by atoms with van der Waals surface area (Å²) in [5.41, 5.74) is -0.195. The zero-order valence-electron chi connectivity index (χ0n) is 14.8. The number of ether oxygens (including phenoxy) is 1. The molecular weight excluding hydrogens is 324 g/mol. The van der Waals surface area contributed by atoms with Crippen molar-refractivity contribution in [3.05, 3.63) is 0 Å². The number of likely N-dealkylation sites (tertiary alicyclic amines) is 2. The molecular formula is C18H30N2O3S. The first-order valence-corrected chi connectivity index (χ1v) is 10.7. The number of carbonyl (C=O) groups is 2. The standard InChI is InChI=1S/C18H30N2O3S/c1-24-14-16(21)19-8-2-5-18(6-9-19)7-10-20(17(18)22)13-15-3-11-23-12-4-15/h15H,2-14H2,1H3. The molecule has 1 atom stereocenters. The van der Waals surface area contributed by atoms with E-state index in [1.54, 1.807) is 11.8 Å². The van der Waals surface area contributed by atoms with Crippen molar-refractivity contribution < 1.29 is 14.3 Å². The van der Waals surface area contributed by atoms with Crippen molar-refractivity contribution in [2.75, 3.05) is 51.4 Å². The predicted molar refractivity (Wildman–Crippen MR) is 96.0 cm³/mol. The minimum atomic E-state index is -0.195. The Hall–Kier alpha value is -0.750. The van der Waals surface area contributed by atoms with Crippen molar-refractivity contribution in [3.63, 3.8) is 0 Å². The Morgan fingerprint density at radius 1 is 1.21 bits per heavy atom. The largest absolute Gasteiger partial charge is 0.381 e. The summed E-state index contributed by atoms with van der Waals surface area (Å²) < 4.78 is 5.43. The Kier molecular flexibility index (Phi) is 6.08. The minimum Gasteiger partial charge on any atom is -0.381 e. The molecule has 0 aromatic rings. The fraction of sp³-hybridized carbons (Fsp3) is 0.889. The van der Waals surface area contributed by atoms with E-state index in [-0.39, 0.29) is 11.3 Å². The van der Waals surface area contributed by atoms with Crippen LogP contribution in [0.1, 0.15) is 38.5 Å². The first kappa shape index (κ1) is 18.1. The predicted octanol–water partition coefficient (Wildman–Crippen LogP) is 2.01. The van der Waals surface area contributed by atoms with Crippen LogP contribution in [0.2, 0.25) is 0 Å². The van der Waals surface area contributed by atoms with Gasteiger partial charge in [0.1, 0.15) is 0 Å². The van der Waals surface area contributed by atoms with E-state index in [2.05, 4.69) is 4.90 Å². The Bertz CT molecular complexity index is 467.